The van der Waals surface area contributed by atoms with Gasteiger partial charge in [0, 0.05) is 46.3 Å². The zero-order chi connectivity index (χ0) is 21.3. The highest BCUT2D eigenvalue weighted by Crippen LogP contribution is 2.42. The molecule has 0 saturated heterocycles. The second kappa shape index (κ2) is 7.99. The Kier molecular flexibility index (Phi) is 6.45. The molecule has 1 aromatic rings. The quantitative estimate of drug-likeness (QED) is 0.420. The predicted molar refractivity (Wildman–Crippen MR) is 109 cm³/mol. The fraction of sp³-hybridized carbons (Fsp3) is 0.611. The van der Waals surface area contributed by atoms with Crippen LogP contribution >= 0.6 is 0 Å². The van der Waals surface area contributed by atoms with Crippen LogP contribution in [-0.4, -0.2) is 35.5 Å². The van der Waals surface area contributed by atoms with Gasteiger partial charge in [-0.1, -0.05) is 0 Å². The van der Waals surface area contributed by atoms with Crippen LogP contribution in [0.15, 0.2) is 18.2 Å². The minimum atomic E-state index is -1.62. The number of nitro benzene ring substituents is 1. The molecule has 3 atom stereocenters. The van der Waals surface area contributed by atoms with Gasteiger partial charge in [-0.2, -0.15) is 5.26 Å². The largest absolute Gasteiger partial charge is 0.598 e. The third-order valence-corrected chi connectivity index (χ3v) is 8.21. The molecule has 1 aliphatic rings. The van der Waals surface area contributed by atoms with Crippen molar-refractivity contribution in [1.82, 2.24) is 4.72 Å². The van der Waals surface area contributed by atoms with Gasteiger partial charge in [-0.15, -0.1) is 4.72 Å². The SMILES string of the molecule is CC(C)(C#N)S(=O)C[C@@]1(N[S+]([O-])C(C)(C)C)CCOc2ccc([N+](=O)[O-])cc21. The maximum Gasteiger partial charge on any atom is 0.270 e. The Morgan fingerprint density at radius 2 is 2.04 bits per heavy atom. The van der Waals surface area contributed by atoms with E-state index in [1.54, 1.807) is 34.6 Å². The van der Waals surface area contributed by atoms with Gasteiger partial charge in [-0.05, 0) is 40.7 Å². The average Bonchev–Trinajstić information content (AvgIpc) is 2.60. The molecule has 0 radical (unpaired) electrons. The van der Waals surface area contributed by atoms with Crippen LogP contribution in [0.1, 0.15) is 46.6 Å². The molecule has 0 aromatic heterocycles. The minimum absolute atomic E-state index is 0.0209. The molecule has 10 heteroatoms. The van der Waals surface area contributed by atoms with Crippen LogP contribution in [0.2, 0.25) is 0 Å². The van der Waals surface area contributed by atoms with Crippen molar-refractivity contribution in [3.63, 3.8) is 0 Å². The van der Waals surface area contributed by atoms with E-state index in [0.29, 0.717) is 17.7 Å². The number of rotatable bonds is 6. The minimum Gasteiger partial charge on any atom is -0.598 e. The summed E-state index contributed by atoms with van der Waals surface area (Å²) in [5.41, 5.74) is -0.786. The number of fused-ring (bicyclic) bond motifs is 1. The van der Waals surface area contributed by atoms with Gasteiger partial charge in [0.05, 0.1) is 23.4 Å². The maximum absolute atomic E-state index is 13.0. The van der Waals surface area contributed by atoms with Crippen LogP contribution in [0, 0.1) is 21.4 Å². The molecule has 0 aliphatic carbocycles. The van der Waals surface area contributed by atoms with Crippen LogP contribution < -0.4 is 9.46 Å². The number of nitrogens with one attached hydrogen (secondary N) is 1. The van der Waals surface area contributed by atoms with Crippen molar-refractivity contribution < 1.29 is 18.4 Å². The highest BCUT2D eigenvalue weighted by Gasteiger charge is 2.48. The van der Waals surface area contributed by atoms with E-state index in [4.69, 9.17) is 4.74 Å². The molecule has 8 nitrogen and oxygen atoms in total. The van der Waals surface area contributed by atoms with Crippen molar-refractivity contribution in [1.29, 1.82) is 5.26 Å². The van der Waals surface area contributed by atoms with E-state index in [1.807, 2.05) is 6.07 Å². The maximum atomic E-state index is 13.0. The fourth-order valence-electron chi connectivity index (χ4n) is 2.67. The molecule has 28 heavy (non-hydrogen) atoms. The van der Waals surface area contributed by atoms with Gasteiger partial charge >= 0.3 is 0 Å². The lowest BCUT2D eigenvalue weighted by molar-refractivity contribution is -0.385. The Morgan fingerprint density at radius 1 is 1.39 bits per heavy atom. The highest BCUT2D eigenvalue weighted by atomic mass is 32.2. The summed E-state index contributed by atoms with van der Waals surface area (Å²) < 4.78 is 32.9. The van der Waals surface area contributed by atoms with E-state index >= 15 is 0 Å². The topological polar surface area (TPSA) is 128 Å². The summed E-state index contributed by atoms with van der Waals surface area (Å²) in [4.78, 5) is 10.8. The molecule has 1 heterocycles. The lowest BCUT2D eigenvalue weighted by atomic mass is 9.87. The van der Waals surface area contributed by atoms with Gasteiger partial charge in [-0.3, -0.25) is 14.3 Å². The van der Waals surface area contributed by atoms with E-state index in [9.17, 15) is 24.1 Å². The van der Waals surface area contributed by atoms with Crippen LogP contribution in [0.4, 0.5) is 5.69 Å². The average molecular weight is 428 g/mol. The van der Waals surface area contributed by atoms with Crippen molar-refractivity contribution in [2.24, 2.45) is 0 Å². The number of hydrogen-bond acceptors (Lipinski definition) is 7. The van der Waals surface area contributed by atoms with Gasteiger partial charge in [0.2, 0.25) is 0 Å². The summed E-state index contributed by atoms with van der Waals surface area (Å²) in [6.07, 6.45) is 0.316. The first kappa shape index (κ1) is 22.6. The molecule has 1 aromatic carbocycles. The smallest absolute Gasteiger partial charge is 0.270 e. The molecule has 0 amide bonds. The number of nitriles is 1. The molecule has 2 unspecified atom stereocenters. The Labute approximate surface area is 170 Å². The van der Waals surface area contributed by atoms with E-state index < -0.39 is 42.1 Å². The van der Waals surface area contributed by atoms with Crippen molar-refractivity contribution in [2.45, 2.75) is 56.1 Å². The molecule has 154 valence electrons. The Hall–Kier alpha value is -1.67. The second-order valence-electron chi connectivity index (χ2n) is 8.21. The molecule has 1 aliphatic heterocycles. The summed E-state index contributed by atoms with van der Waals surface area (Å²) >= 11 is -1.54. The van der Waals surface area contributed by atoms with Crippen LogP contribution in [0.25, 0.3) is 0 Å². The van der Waals surface area contributed by atoms with Crippen LogP contribution in [-0.2, 0) is 27.7 Å². The molecular weight excluding hydrogens is 402 g/mol. The first-order valence-electron chi connectivity index (χ1n) is 8.73. The van der Waals surface area contributed by atoms with Gasteiger partial charge < -0.3 is 9.29 Å². The monoisotopic (exact) mass is 427 g/mol. The summed E-state index contributed by atoms with van der Waals surface area (Å²) in [5.74, 6) is 0.398. The molecule has 1 N–H and O–H groups in total. The molecule has 0 spiro atoms. The van der Waals surface area contributed by atoms with Crippen molar-refractivity contribution in [2.75, 3.05) is 12.4 Å². The first-order valence-corrected chi connectivity index (χ1v) is 11.2. The number of nitro groups is 1. The Balaban J connectivity index is 2.60. The summed E-state index contributed by atoms with van der Waals surface area (Å²) in [6.45, 7) is 8.81. The number of nitrogens with zero attached hydrogens (tertiary/aromatic N) is 2. The summed E-state index contributed by atoms with van der Waals surface area (Å²) in [5, 5.41) is 20.7. The second-order valence-corrected chi connectivity index (χ2v) is 12.2. The zero-order valence-electron chi connectivity index (χ0n) is 16.6. The molecule has 0 bridgehead atoms. The Bertz CT molecular complexity index is 831. The molecular formula is C18H25N3O5S2. The van der Waals surface area contributed by atoms with Crippen LogP contribution in [0.3, 0.4) is 0 Å². The third kappa shape index (κ3) is 4.66. The third-order valence-electron chi connectivity index (χ3n) is 4.54. The van der Waals surface area contributed by atoms with Crippen molar-refractivity contribution >= 4 is 27.8 Å². The summed E-state index contributed by atoms with van der Waals surface area (Å²) in [6, 6.07) is 6.26. The van der Waals surface area contributed by atoms with Crippen molar-refractivity contribution in [3.8, 4) is 11.8 Å². The standard InChI is InChI=1S/C18H25N3O5S2/c1-16(2,3)28(25)20-18(12-27(24)17(4,5)11-19)8-9-26-15-7-6-13(21(22)23)10-14(15)18/h6-7,10,20H,8-9,12H2,1-5H3/t18-,27?,28?/m0/s1. The zero-order valence-corrected chi connectivity index (χ0v) is 18.2. The molecule has 2 rings (SSSR count). The number of non-ortho nitro benzene ring substituents is 1. The number of ether oxygens (including phenoxy) is 1. The fourth-order valence-corrected chi connectivity index (χ4v) is 4.99. The molecule has 0 saturated carbocycles. The van der Waals surface area contributed by atoms with Gasteiger partial charge in [0.1, 0.15) is 20.8 Å². The van der Waals surface area contributed by atoms with Crippen LogP contribution in [0.5, 0.6) is 5.75 Å². The first-order chi connectivity index (χ1) is 12.8. The van der Waals surface area contributed by atoms with E-state index in [2.05, 4.69) is 4.72 Å². The number of hydrogen-bond donors (Lipinski definition) is 1. The number of benzene rings is 1. The van der Waals surface area contributed by atoms with E-state index in [1.165, 1.54) is 18.2 Å². The lowest BCUT2D eigenvalue weighted by Gasteiger charge is -2.41. The van der Waals surface area contributed by atoms with E-state index in [0.717, 1.165) is 0 Å². The molecule has 0 fully saturated rings. The van der Waals surface area contributed by atoms with Gasteiger partial charge in [-0.25, -0.2) is 0 Å². The van der Waals surface area contributed by atoms with E-state index in [-0.39, 0.29) is 18.0 Å². The Morgan fingerprint density at radius 3 is 2.57 bits per heavy atom. The summed E-state index contributed by atoms with van der Waals surface area (Å²) in [7, 11) is -1.62. The highest BCUT2D eigenvalue weighted by molar-refractivity contribution is 7.91. The lowest BCUT2D eigenvalue weighted by Crippen LogP contribution is -2.57. The van der Waals surface area contributed by atoms with Gasteiger partial charge in [0.15, 0.2) is 0 Å². The predicted octanol–water partition coefficient (Wildman–Crippen LogP) is 2.68. The van der Waals surface area contributed by atoms with Crippen molar-refractivity contribution in [3.05, 3.63) is 33.9 Å². The normalized spacial score (nSPS) is 21.8. The van der Waals surface area contributed by atoms with Gasteiger partial charge in [0.25, 0.3) is 5.69 Å².